The molecule has 0 saturated heterocycles. The van der Waals surface area contributed by atoms with Gasteiger partial charge in [-0.3, -0.25) is 0 Å². The maximum absolute atomic E-state index is 11.2. The molecule has 4 nitrogen and oxygen atoms in total. The van der Waals surface area contributed by atoms with E-state index in [0.717, 1.165) is 16.7 Å². The van der Waals surface area contributed by atoms with Gasteiger partial charge in [-0.25, -0.2) is 8.42 Å². The lowest BCUT2D eigenvalue weighted by Crippen LogP contribution is -2.29. The first-order valence-electron chi connectivity index (χ1n) is 5.74. The van der Waals surface area contributed by atoms with E-state index < -0.39 is 9.84 Å². The van der Waals surface area contributed by atoms with Crippen LogP contribution in [0.2, 0.25) is 0 Å². The Morgan fingerprint density at radius 3 is 2.89 bits per heavy atom. The number of hydrogen-bond donors (Lipinski definition) is 1. The van der Waals surface area contributed by atoms with Gasteiger partial charge in [-0.2, -0.15) is 0 Å². The van der Waals surface area contributed by atoms with Crippen LogP contribution in [0.1, 0.15) is 5.76 Å². The zero-order valence-electron chi connectivity index (χ0n) is 9.67. The van der Waals surface area contributed by atoms with E-state index in [2.05, 4.69) is 5.32 Å². The van der Waals surface area contributed by atoms with E-state index in [1.165, 1.54) is 5.41 Å². The van der Waals surface area contributed by atoms with Gasteiger partial charge >= 0.3 is 0 Å². The minimum absolute atomic E-state index is 0.122. The number of benzene rings is 1. The highest BCUT2D eigenvalue weighted by Crippen LogP contribution is 2.19. The second kappa shape index (κ2) is 4.26. The van der Waals surface area contributed by atoms with Gasteiger partial charge in [0.25, 0.3) is 0 Å². The molecule has 94 valence electrons. The van der Waals surface area contributed by atoms with Gasteiger partial charge in [0.2, 0.25) is 0 Å². The van der Waals surface area contributed by atoms with Gasteiger partial charge in [0.1, 0.15) is 11.3 Å². The summed E-state index contributed by atoms with van der Waals surface area (Å²) < 4.78 is 28.1. The van der Waals surface area contributed by atoms with Crippen molar-refractivity contribution in [2.45, 2.75) is 12.6 Å². The highest BCUT2D eigenvalue weighted by Gasteiger charge is 2.21. The van der Waals surface area contributed by atoms with Crippen LogP contribution in [-0.2, 0) is 16.4 Å². The van der Waals surface area contributed by atoms with E-state index in [9.17, 15) is 8.42 Å². The van der Waals surface area contributed by atoms with E-state index in [0.29, 0.717) is 6.54 Å². The van der Waals surface area contributed by atoms with Crippen molar-refractivity contribution in [2.24, 2.45) is 0 Å². The molecule has 0 spiro atoms. The van der Waals surface area contributed by atoms with Crippen molar-refractivity contribution in [3.63, 3.8) is 0 Å². The fraction of sp³-hybridized carbons (Fsp3) is 0.231. The summed E-state index contributed by atoms with van der Waals surface area (Å²) in [5, 5.41) is 5.48. The Morgan fingerprint density at radius 2 is 2.17 bits per heavy atom. The van der Waals surface area contributed by atoms with E-state index in [1.807, 2.05) is 30.3 Å². The number of nitrogens with one attached hydrogen (secondary N) is 1. The van der Waals surface area contributed by atoms with Gasteiger partial charge in [-0.1, -0.05) is 24.3 Å². The zero-order valence-corrected chi connectivity index (χ0v) is 10.5. The lowest BCUT2D eigenvalue weighted by Gasteiger charge is -2.07. The number of para-hydroxylation sites is 1. The van der Waals surface area contributed by atoms with Crippen LogP contribution in [0.5, 0.6) is 0 Å². The van der Waals surface area contributed by atoms with Crippen molar-refractivity contribution in [1.82, 2.24) is 5.32 Å². The van der Waals surface area contributed by atoms with Crippen LogP contribution in [0, 0.1) is 0 Å². The average Bonchev–Trinajstić information content (AvgIpc) is 2.89. The van der Waals surface area contributed by atoms with Crippen molar-refractivity contribution in [3.05, 3.63) is 47.6 Å². The number of rotatable bonds is 3. The van der Waals surface area contributed by atoms with Crippen molar-refractivity contribution in [3.8, 4) is 0 Å². The predicted octanol–water partition coefficient (Wildman–Crippen LogP) is 1.83. The largest absolute Gasteiger partial charge is 0.460 e. The molecule has 0 saturated carbocycles. The van der Waals surface area contributed by atoms with Crippen LogP contribution >= 0.6 is 0 Å². The molecule has 1 N–H and O–H groups in total. The fourth-order valence-electron chi connectivity index (χ4n) is 2.06. The highest BCUT2D eigenvalue weighted by atomic mass is 32.2. The lowest BCUT2D eigenvalue weighted by molar-refractivity contribution is 0.501. The van der Waals surface area contributed by atoms with Crippen molar-refractivity contribution in [1.29, 1.82) is 0 Å². The number of sulfone groups is 1. The molecule has 0 fully saturated rings. The van der Waals surface area contributed by atoms with Crippen LogP contribution in [-0.4, -0.2) is 20.2 Å². The Labute approximate surface area is 105 Å². The Bertz CT molecular complexity index is 667. The SMILES string of the molecule is O=S1(=O)C=CC(NCc2cc3ccccc3o2)C1. The molecule has 5 heteroatoms. The predicted molar refractivity (Wildman–Crippen MR) is 69.8 cm³/mol. The molecule has 3 rings (SSSR count). The van der Waals surface area contributed by atoms with Gasteiger partial charge in [-0.15, -0.1) is 0 Å². The van der Waals surface area contributed by atoms with Gasteiger partial charge in [0.15, 0.2) is 9.84 Å². The quantitative estimate of drug-likeness (QED) is 0.918. The van der Waals surface area contributed by atoms with E-state index >= 15 is 0 Å². The zero-order chi connectivity index (χ0) is 12.6. The van der Waals surface area contributed by atoms with Gasteiger partial charge in [0, 0.05) is 16.8 Å². The topological polar surface area (TPSA) is 59.3 Å². The third kappa shape index (κ3) is 2.32. The standard InChI is InChI=1S/C13H13NO3S/c15-18(16)6-5-11(9-18)14-8-12-7-10-3-1-2-4-13(10)17-12/h1-7,11,14H,8-9H2. The molecule has 1 aliphatic rings. The minimum atomic E-state index is -3.00. The average molecular weight is 263 g/mol. The first-order valence-corrected chi connectivity index (χ1v) is 7.46. The maximum atomic E-state index is 11.2. The summed E-state index contributed by atoms with van der Waals surface area (Å²) in [4.78, 5) is 0. The molecule has 18 heavy (non-hydrogen) atoms. The molecule has 0 aliphatic carbocycles. The van der Waals surface area contributed by atoms with Crippen molar-refractivity contribution in [2.75, 3.05) is 5.75 Å². The molecule has 2 aromatic rings. The van der Waals surface area contributed by atoms with Gasteiger partial charge < -0.3 is 9.73 Å². The molecule has 1 unspecified atom stereocenters. The third-order valence-electron chi connectivity index (χ3n) is 2.95. The molecule has 1 aromatic heterocycles. The van der Waals surface area contributed by atoms with Crippen LogP contribution in [0.4, 0.5) is 0 Å². The summed E-state index contributed by atoms with van der Waals surface area (Å²) in [5.41, 5.74) is 0.851. The molecule has 1 aromatic carbocycles. The molecule has 2 heterocycles. The maximum Gasteiger partial charge on any atom is 0.173 e. The normalized spacial score (nSPS) is 21.7. The summed E-state index contributed by atoms with van der Waals surface area (Å²) in [6, 6.07) is 9.64. The van der Waals surface area contributed by atoms with E-state index in [1.54, 1.807) is 6.08 Å². The van der Waals surface area contributed by atoms with Crippen LogP contribution < -0.4 is 5.32 Å². The van der Waals surface area contributed by atoms with Crippen molar-refractivity contribution < 1.29 is 12.8 Å². The highest BCUT2D eigenvalue weighted by molar-refractivity contribution is 7.94. The molecule has 0 bridgehead atoms. The summed E-state index contributed by atoms with van der Waals surface area (Å²) in [6.07, 6.45) is 1.68. The summed E-state index contributed by atoms with van der Waals surface area (Å²) in [7, 11) is -3.00. The molecular formula is C13H13NO3S. The summed E-state index contributed by atoms with van der Waals surface area (Å²) in [6.45, 7) is 0.527. The second-order valence-corrected chi connectivity index (χ2v) is 6.33. The van der Waals surface area contributed by atoms with Gasteiger partial charge in [-0.05, 0) is 12.1 Å². The molecular weight excluding hydrogens is 250 g/mol. The number of hydrogen-bond acceptors (Lipinski definition) is 4. The van der Waals surface area contributed by atoms with Crippen molar-refractivity contribution >= 4 is 20.8 Å². The van der Waals surface area contributed by atoms with Gasteiger partial charge in [0.05, 0.1) is 12.3 Å². The lowest BCUT2D eigenvalue weighted by atomic mass is 10.2. The Balaban J connectivity index is 1.69. The van der Waals surface area contributed by atoms with Crippen LogP contribution in [0.15, 0.2) is 46.2 Å². The monoisotopic (exact) mass is 263 g/mol. The minimum Gasteiger partial charge on any atom is -0.460 e. The molecule has 1 aliphatic heterocycles. The first-order chi connectivity index (χ1) is 8.62. The first kappa shape index (κ1) is 11.5. The number of fused-ring (bicyclic) bond motifs is 1. The molecule has 0 radical (unpaired) electrons. The van der Waals surface area contributed by atoms with E-state index in [-0.39, 0.29) is 11.8 Å². The number of furan rings is 1. The smallest absolute Gasteiger partial charge is 0.173 e. The Morgan fingerprint density at radius 1 is 1.33 bits per heavy atom. The Hall–Kier alpha value is -1.59. The fourth-order valence-corrected chi connectivity index (χ4v) is 3.33. The second-order valence-electron chi connectivity index (χ2n) is 4.40. The summed E-state index contributed by atoms with van der Waals surface area (Å²) in [5.74, 6) is 0.946. The van der Waals surface area contributed by atoms with E-state index in [4.69, 9.17) is 4.42 Å². The molecule has 0 amide bonds. The third-order valence-corrected chi connectivity index (χ3v) is 4.34. The molecule has 1 atom stereocenters. The van der Waals surface area contributed by atoms with Crippen LogP contribution in [0.25, 0.3) is 11.0 Å². The van der Waals surface area contributed by atoms with Crippen LogP contribution in [0.3, 0.4) is 0 Å². The Kier molecular flexibility index (Phi) is 2.72. The summed E-state index contributed by atoms with van der Waals surface area (Å²) >= 11 is 0.